The van der Waals surface area contributed by atoms with Crippen LogP contribution in [0.2, 0.25) is 0 Å². The van der Waals surface area contributed by atoms with Crippen molar-refractivity contribution in [2.75, 3.05) is 11.4 Å². The molecular weight excluding hydrogens is 328 g/mol. The van der Waals surface area contributed by atoms with E-state index in [1.807, 2.05) is 58.0 Å². The largest absolute Gasteiger partial charge is 0.422 e. The van der Waals surface area contributed by atoms with Gasteiger partial charge in [-0.15, -0.1) is 10.2 Å². The Morgan fingerprint density at radius 2 is 1.96 bits per heavy atom. The smallest absolute Gasteiger partial charge is 0.264 e. The molecule has 4 aromatic rings. The molecule has 1 amide bonds. The van der Waals surface area contributed by atoms with E-state index in [-0.39, 0.29) is 12.5 Å². The van der Waals surface area contributed by atoms with Crippen LogP contribution in [0.3, 0.4) is 0 Å². The van der Waals surface area contributed by atoms with Crippen LogP contribution >= 0.6 is 0 Å². The lowest BCUT2D eigenvalue weighted by Gasteiger charge is -2.18. The Labute approximate surface area is 149 Å². The number of fused-ring (bicyclic) bond motifs is 2. The van der Waals surface area contributed by atoms with E-state index in [0.717, 1.165) is 28.7 Å². The Hall–Kier alpha value is -3.41. The second-order valence-electron chi connectivity index (χ2n) is 6.34. The number of carbonyl (C=O) groups excluding carboxylic acids is 1. The van der Waals surface area contributed by atoms with E-state index >= 15 is 0 Å². The third-order valence-electron chi connectivity index (χ3n) is 4.87. The molecule has 128 valence electrons. The monoisotopic (exact) mass is 344 g/mol. The molecule has 0 fully saturated rings. The average Bonchev–Trinajstić information content (AvgIpc) is 3.40. The Bertz CT molecular complexity index is 1100. The summed E-state index contributed by atoms with van der Waals surface area (Å²) in [4.78, 5) is 14.9. The van der Waals surface area contributed by atoms with E-state index in [0.29, 0.717) is 12.4 Å². The van der Waals surface area contributed by atoms with Crippen molar-refractivity contribution in [2.45, 2.75) is 13.0 Å². The van der Waals surface area contributed by atoms with Gasteiger partial charge in [-0.3, -0.25) is 4.79 Å². The fourth-order valence-corrected chi connectivity index (χ4v) is 3.66. The minimum Gasteiger partial charge on any atom is -0.422 e. The summed E-state index contributed by atoms with van der Waals surface area (Å²) in [5.74, 6) is 0.466. The topological polar surface area (TPSA) is 64.2 Å². The number of benzene rings is 2. The molecule has 0 saturated heterocycles. The highest BCUT2D eigenvalue weighted by Crippen LogP contribution is 2.30. The highest BCUT2D eigenvalue weighted by molar-refractivity contribution is 5.97. The second-order valence-corrected chi connectivity index (χ2v) is 6.34. The van der Waals surface area contributed by atoms with Crippen LogP contribution in [0.4, 0.5) is 5.69 Å². The third kappa shape index (κ3) is 2.30. The summed E-state index contributed by atoms with van der Waals surface area (Å²) in [6.07, 6.45) is 2.20. The lowest BCUT2D eigenvalue weighted by Crippen LogP contribution is -2.32. The van der Waals surface area contributed by atoms with Crippen molar-refractivity contribution in [2.24, 2.45) is 0 Å². The third-order valence-corrected chi connectivity index (χ3v) is 4.87. The molecule has 0 aliphatic carbocycles. The second kappa shape index (κ2) is 5.84. The number of rotatable bonds is 3. The summed E-state index contributed by atoms with van der Waals surface area (Å²) in [7, 11) is 0. The molecule has 0 saturated carbocycles. The number of hydrogen-bond donors (Lipinski definition) is 0. The van der Waals surface area contributed by atoms with Crippen LogP contribution in [0.1, 0.15) is 5.56 Å². The maximum absolute atomic E-state index is 13.1. The van der Waals surface area contributed by atoms with E-state index < -0.39 is 0 Å². The van der Waals surface area contributed by atoms with Crippen molar-refractivity contribution < 1.29 is 9.21 Å². The molecule has 2 aromatic heterocycles. The van der Waals surface area contributed by atoms with Gasteiger partial charge in [-0.25, -0.2) is 0 Å². The van der Waals surface area contributed by atoms with Gasteiger partial charge in [-0.05, 0) is 30.2 Å². The lowest BCUT2D eigenvalue weighted by atomic mass is 10.2. The van der Waals surface area contributed by atoms with Crippen LogP contribution in [0.5, 0.6) is 0 Å². The van der Waals surface area contributed by atoms with Gasteiger partial charge in [-0.1, -0.05) is 36.4 Å². The minimum absolute atomic E-state index is 0.0528. The molecule has 0 spiro atoms. The van der Waals surface area contributed by atoms with Crippen LogP contribution in [0, 0.1) is 0 Å². The van der Waals surface area contributed by atoms with Crippen molar-refractivity contribution in [1.82, 2.24) is 14.8 Å². The Kier molecular flexibility index (Phi) is 3.35. The first-order valence-electron chi connectivity index (χ1n) is 8.54. The van der Waals surface area contributed by atoms with Crippen LogP contribution in [-0.4, -0.2) is 27.2 Å². The van der Waals surface area contributed by atoms with Crippen LogP contribution in [-0.2, 0) is 17.8 Å². The zero-order valence-electron chi connectivity index (χ0n) is 14.0. The maximum atomic E-state index is 13.1. The van der Waals surface area contributed by atoms with Crippen molar-refractivity contribution in [3.63, 3.8) is 0 Å². The molecule has 1 aliphatic rings. The molecule has 6 nitrogen and oxygen atoms in total. The molecule has 5 rings (SSSR count). The highest BCUT2D eigenvalue weighted by Gasteiger charge is 2.26. The van der Waals surface area contributed by atoms with Gasteiger partial charge in [0.15, 0.2) is 0 Å². The summed E-state index contributed by atoms with van der Waals surface area (Å²) >= 11 is 0. The summed E-state index contributed by atoms with van der Waals surface area (Å²) in [5.41, 5.74) is 3.95. The quantitative estimate of drug-likeness (QED) is 0.572. The number of anilines is 1. The first-order valence-corrected chi connectivity index (χ1v) is 8.54. The van der Waals surface area contributed by atoms with Crippen LogP contribution in [0.25, 0.3) is 22.5 Å². The van der Waals surface area contributed by atoms with E-state index in [9.17, 15) is 4.79 Å². The molecule has 0 unspecified atom stereocenters. The fraction of sp³-hybridized carbons (Fsp3) is 0.150. The Balaban J connectivity index is 1.55. The number of aromatic nitrogens is 3. The lowest BCUT2D eigenvalue weighted by molar-refractivity contribution is -0.119. The van der Waals surface area contributed by atoms with Gasteiger partial charge in [-0.2, -0.15) is 0 Å². The molecule has 3 heterocycles. The normalized spacial score (nSPS) is 13.3. The molecule has 2 aromatic carbocycles. The number of carbonyl (C=O) groups is 1. The average molecular weight is 344 g/mol. The molecule has 0 N–H and O–H groups in total. The number of para-hydroxylation sites is 2. The number of nitrogens with zero attached hydrogens (tertiary/aromatic N) is 4. The van der Waals surface area contributed by atoms with Gasteiger partial charge >= 0.3 is 0 Å². The maximum Gasteiger partial charge on any atom is 0.264 e. The standard InChI is InChI=1S/C20H16N4O2/c25-19(23-10-9-14-5-1-3-7-16(14)23)12-24-17-8-4-2-6-15(17)11-18(24)20-22-21-13-26-20/h1-8,11,13H,9-10,12H2. The summed E-state index contributed by atoms with van der Waals surface area (Å²) < 4.78 is 7.34. The van der Waals surface area contributed by atoms with E-state index in [4.69, 9.17) is 4.42 Å². The van der Waals surface area contributed by atoms with E-state index in [2.05, 4.69) is 16.3 Å². The van der Waals surface area contributed by atoms with Crippen LogP contribution in [0.15, 0.2) is 65.4 Å². The molecule has 1 aliphatic heterocycles. The molecule has 0 bridgehead atoms. The van der Waals surface area contributed by atoms with Gasteiger partial charge < -0.3 is 13.9 Å². The highest BCUT2D eigenvalue weighted by atomic mass is 16.4. The van der Waals surface area contributed by atoms with Gasteiger partial charge in [0.25, 0.3) is 5.89 Å². The molecule has 0 radical (unpaired) electrons. The summed E-state index contributed by atoms with van der Waals surface area (Å²) in [6, 6.07) is 18.0. The summed E-state index contributed by atoms with van der Waals surface area (Å²) in [5, 5.41) is 8.83. The minimum atomic E-state index is 0.0528. The SMILES string of the molecule is O=C(Cn1c(-c2nnco2)cc2ccccc21)N1CCc2ccccc21. The zero-order valence-corrected chi connectivity index (χ0v) is 14.0. The van der Waals surface area contributed by atoms with Gasteiger partial charge in [0.2, 0.25) is 12.3 Å². The fourth-order valence-electron chi connectivity index (χ4n) is 3.66. The first kappa shape index (κ1) is 14.9. The van der Waals surface area contributed by atoms with Crippen LogP contribution < -0.4 is 4.90 Å². The number of hydrogen-bond acceptors (Lipinski definition) is 4. The van der Waals surface area contributed by atoms with Gasteiger partial charge in [0, 0.05) is 23.1 Å². The van der Waals surface area contributed by atoms with E-state index in [1.165, 1.54) is 12.0 Å². The van der Waals surface area contributed by atoms with Crippen molar-refractivity contribution in [3.8, 4) is 11.6 Å². The van der Waals surface area contributed by atoms with E-state index in [1.54, 1.807) is 0 Å². The predicted octanol–water partition coefficient (Wildman–Crippen LogP) is 3.28. The molecular formula is C20H16N4O2. The predicted molar refractivity (Wildman–Crippen MR) is 97.7 cm³/mol. The molecule has 26 heavy (non-hydrogen) atoms. The first-order chi connectivity index (χ1) is 12.8. The van der Waals surface area contributed by atoms with Crippen molar-refractivity contribution in [3.05, 3.63) is 66.6 Å². The van der Waals surface area contributed by atoms with Crippen molar-refractivity contribution >= 4 is 22.5 Å². The summed E-state index contributed by atoms with van der Waals surface area (Å²) in [6.45, 7) is 0.937. The Morgan fingerprint density at radius 1 is 1.12 bits per heavy atom. The Morgan fingerprint density at radius 3 is 2.85 bits per heavy atom. The number of amides is 1. The van der Waals surface area contributed by atoms with Crippen molar-refractivity contribution in [1.29, 1.82) is 0 Å². The molecule has 0 atom stereocenters. The van der Waals surface area contributed by atoms with Gasteiger partial charge in [0.05, 0.1) is 0 Å². The van der Waals surface area contributed by atoms with Gasteiger partial charge in [0.1, 0.15) is 12.2 Å². The zero-order chi connectivity index (χ0) is 17.5. The molecule has 6 heteroatoms.